The summed E-state index contributed by atoms with van der Waals surface area (Å²) in [5.41, 5.74) is 3.60. The number of pyridine rings is 1. The molecule has 2 amide bonds. The fraction of sp³-hybridized carbons (Fsp3) is 0.381. The van der Waals surface area contributed by atoms with Gasteiger partial charge in [-0.3, -0.25) is 0 Å². The van der Waals surface area contributed by atoms with Gasteiger partial charge in [0.2, 0.25) is 0 Å². The molecule has 0 aliphatic rings. The van der Waals surface area contributed by atoms with Crippen LogP contribution in [-0.2, 0) is 0 Å². The van der Waals surface area contributed by atoms with Gasteiger partial charge in [0, 0.05) is 17.9 Å². The first kappa shape index (κ1) is 18.9. The van der Waals surface area contributed by atoms with E-state index in [2.05, 4.69) is 47.9 Å². The predicted octanol–water partition coefficient (Wildman–Crippen LogP) is 4.84. The molecule has 0 aliphatic heterocycles. The van der Waals surface area contributed by atoms with E-state index in [0.717, 1.165) is 28.2 Å². The molecule has 142 valence electrons. The molecule has 27 heavy (non-hydrogen) atoms. The lowest BCUT2D eigenvalue weighted by molar-refractivity contribution is 0.243. The van der Waals surface area contributed by atoms with E-state index in [9.17, 15) is 4.79 Å². The Morgan fingerprint density at radius 2 is 1.78 bits per heavy atom. The van der Waals surface area contributed by atoms with Gasteiger partial charge < -0.3 is 15.2 Å². The van der Waals surface area contributed by atoms with E-state index in [1.54, 1.807) is 6.20 Å². The Morgan fingerprint density at radius 3 is 2.41 bits per heavy atom. The van der Waals surface area contributed by atoms with Gasteiger partial charge in [-0.05, 0) is 51.0 Å². The van der Waals surface area contributed by atoms with Crippen LogP contribution in [0.25, 0.3) is 11.2 Å². The molecule has 1 aromatic carbocycles. The van der Waals surface area contributed by atoms with Crippen molar-refractivity contribution in [3.8, 4) is 0 Å². The molecule has 0 spiro atoms. The maximum absolute atomic E-state index is 12.6. The number of nitrogens with one attached hydrogen (secondary N) is 2. The second-order valence-electron chi connectivity index (χ2n) is 7.47. The van der Waals surface area contributed by atoms with Crippen molar-refractivity contribution in [3.05, 3.63) is 54.0 Å². The minimum absolute atomic E-state index is 0.170. The largest absolute Gasteiger partial charge is 0.328 e. The van der Waals surface area contributed by atoms with E-state index in [-0.39, 0.29) is 24.0 Å². The number of nitrogens with zero attached hydrogens (tertiary/aromatic N) is 3. The zero-order chi connectivity index (χ0) is 19.6. The van der Waals surface area contributed by atoms with E-state index in [0.29, 0.717) is 0 Å². The highest BCUT2D eigenvalue weighted by molar-refractivity contribution is 5.89. The number of hydrogen-bond acceptors (Lipinski definition) is 3. The van der Waals surface area contributed by atoms with Crippen molar-refractivity contribution >= 4 is 22.9 Å². The molecule has 3 aromatic rings. The number of anilines is 1. The summed E-state index contributed by atoms with van der Waals surface area (Å²) in [5, 5.41) is 5.99. The Balaban J connectivity index is 1.89. The van der Waals surface area contributed by atoms with Crippen LogP contribution in [-0.4, -0.2) is 20.6 Å². The van der Waals surface area contributed by atoms with E-state index in [1.807, 2.05) is 43.3 Å². The number of aryl methyl sites for hydroxylation is 1. The van der Waals surface area contributed by atoms with Crippen molar-refractivity contribution in [1.82, 2.24) is 19.9 Å². The van der Waals surface area contributed by atoms with Crippen molar-refractivity contribution in [2.45, 2.75) is 46.7 Å². The average Bonchev–Trinajstić information content (AvgIpc) is 3.00. The number of imidazole rings is 1. The van der Waals surface area contributed by atoms with E-state index < -0.39 is 0 Å². The minimum Gasteiger partial charge on any atom is -0.328 e. The molecule has 0 radical (unpaired) electrons. The van der Waals surface area contributed by atoms with Crippen molar-refractivity contribution in [1.29, 1.82) is 0 Å². The molecule has 6 heteroatoms. The average molecular weight is 365 g/mol. The number of fused-ring (bicyclic) bond motifs is 1. The number of carbonyl (C=O) groups is 1. The number of hydrogen-bond donors (Lipinski definition) is 2. The zero-order valence-corrected chi connectivity index (χ0v) is 16.5. The molecule has 0 unspecified atom stereocenters. The van der Waals surface area contributed by atoms with Crippen LogP contribution in [0.4, 0.5) is 10.5 Å². The Hall–Kier alpha value is -2.89. The van der Waals surface area contributed by atoms with Gasteiger partial charge in [0.25, 0.3) is 0 Å². The third kappa shape index (κ3) is 4.10. The quantitative estimate of drug-likeness (QED) is 0.679. The summed E-state index contributed by atoms with van der Waals surface area (Å²) in [6.07, 6.45) is 1.77. The first-order valence-corrected chi connectivity index (χ1v) is 9.34. The monoisotopic (exact) mass is 365 g/mol. The Morgan fingerprint density at radius 1 is 1.07 bits per heavy atom. The van der Waals surface area contributed by atoms with Crippen LogP contribution in [0.3, 0.4) is 0 Å². The van der Waals surface area contributed by atoms with Gasteiger partial charge >= 0.3 is 6.03 Å². The topological polar surface area (TPSA) is 71.8 Å². The summed E-state index contributed by atoms with van der Waals surface area (Å²) in [6, 6.07) is 11.3. The van der Waals surface area contributed by atoms with E-state index in [4.69, 9.17) is 4.98 Å². The third-order valence-corrected chi connectivity index (χ3v) is 4.53. The molecule has 1 atom stereocenters. The molecule has 2 aromatic heterocycles. The summed E-state index contributed by atoms with van der Waals surface area (Å²) >= 11 is 0. The van der Waals surface area contributed by atoms with Crippen molar-refractivity contribution in [2.75, 3.05) is 5.32 Å². The highest BCUT2D eigenvalue weighted by Gasteiger charge is 2.26. The number of urea groups is 1. The van der Waals surface area contributed by atoms with Gasteiger partial charge in [0.15, 0.2) is 5.65 Å². The van der Waals surface area contributed by atoms with Crippen LogP contribution in [0, 0.1) is 12.8 Å². The molecule has 2 N–H and O–H groups in total. The summed E-state index contributed by atoms with van der Waals surface area (Å²) in [6.45, 7) is 10.4. The molecule has 0 saturated carbocycles. The molecule has 6 nitrogen and oxygen atoms in total. The fourth-order valence-corrected chi connectivity index (χ4v) is 3.15. The van der Waals surface area contributed by atoms with Crippen LogP contribution in [0.15, 0.2) is 42.6 Å². The summed E-state index contributed by atoms with van der Waals surface area (Å²) in [7, 11) is 0. The standard InChI is InChI=1S/C21H27N5O/c1-13(2)18(25-21(27)23-16-10-8-15(5)9-11-16)20-24-17-7-6-12-22-19(17)26(20)14(3)4/h6-14,18H,1-5H3,(H2,23,25,27)/t18-/m1/s1. The molecule has 2 heterocycles. The van der Waals surface area contributed by atoms with Gasteiger partial charge in [-0.1, -0.05) is 31.5 Å². The summed E-state index contributed by atoms with van der Waals surface area (Å²) in [5.74, 6) is 0.996. The summed E-state index contributed by atoms with van der Waals surface area (Å²) < 4.78 is 2.10. The molecule has 0 saturated heterocycles. The lowest BCUT2D eigenvalue weighted by atomic mass is 10.0. The Bertz CT molecular complexity index is 927. The minimum atomic E-state index is -0.243. The molecular weight excluding hydrogens is 338 g/mol. The highest BCUT2D eigenvalue weighted by Crippen LogP contribution is 2.28. The van der Waals surface area contributed by atoms with Crippen LogP contribution in [0.5, 0.6) is 0 Å². The molecule has 0 fully saturated rings. The van der Waals surface area contributed by atoms with Crippen molar-refractivity contribution in [3.63, 3.8) is 0 Å². The SMILES string of the molecule is Cc1ccc(NC(=O)N[C@@H](c2nc3cccnc3n2C(C)C)C(C)C)cc1. The van der Waals surface area contributed by atoms with Crippen LogP contribution < -0.4 is 10.6 Å². The third-order valence-electron chi connectivity index (χ3n) is 4.53. The number of aromatic nitrogens is 3. The zero-order valence-electron chi connectivity index (χ0n) is 16.5. The fourth-order valence-electron chi connectivity index (χ4n) is 3.15. The first-order valence-electron chi connectivity index (χ1n) is 9.34. The van der Waals surface area contributed by atoms with E-state index in [1.165, 1.54) is 0 Å². The summed E-state index contributed by atoms with van der Waals surface area (Å²) in [4.78, 5) is 21.9. The van der Waals surface area contributed by atoms with Gasteiger partial charge in [0.1, 0.15) is 11.3 Å². The van der Waals surface area contributed by atoms with Crippen LogP contribution in [0.2, 0.25) is 0 Å². The number of rotatable bonds is 5. The Kier molecular flexibility index (Phi) is 5.44. The van der Waals surface area contributed by atoms with E-state index >= 15 is 0 Å². The number of carbonyl (C=O) groups excluding carboxylic acids is 1. The number of benzene rings is 1. The number of amides is 2. The lowest BCUT2D eigenvalue weighted by Gasteiger charge is -2.24. The Labute approximate surface area is 160 Å². The molecular formula is C21H27N5O. The molecule has 0 aliphatic carbocycles. The predicted molar refractivity (Wildman–Crippen MR) is 109 cm³/mol. The lowest BCUT2D eigenvalue weighted by Crippen LogP contribution is -2.36. The van der Waals surface area contributed by atoms with Gasteiger partial charge in [-0.2, -0.15) is 0 Å². The normalized spacial score (nSPS) is 12.6. The smallest absolute Gasteiger partial charge is 0.319 e. The van der Waals surface area contributed by atoms with Crippen LogP contribution >= 0.6 is 0 Å². The van der Waals surface area contributed by atoms with Gasteiger partial charge in [-0.15, -0.1) is 0 Å². The maximum Gasteiger partial charge on any atom is 0.319 e. The van der Waals surface area contributed by atoms with Crippen LogP contribution in [0.1, 0.15) is 51.2 Å². The van der Waals surface area contributed by atoms with Gasteiger partial charge in [0.05, 0.1) is 6.04 Å². The second kappa shape index (κ2) is 7.78. The van der Waals surface area contributed by atoms with Crippen molar-refractivity contribution < 1.29 is 4.79 Å². The van der Waals surface area contributed by atoms with Crippen molar-refractivity contribution in [2.24, 2.45) is 5.92 Å². The second-order valence-corrected chi connectivity index (χ2v) is 7.47. The van der Waals surface area contributed by atoms with Gasteiger partial charge in [-0.25, -0.2) is 14.8 Å². The maximum atomic E-state index is 12.6. The molecule has 3 rings (SSSR count). The first-order chi connectivity index (χ1) is 12.9. The molecule has 0 bridgehead atoms. The highest BCUT2D eigenvalue weighted by atomic mass is 16.2.